The maximum absolute atomic E-state index is 12.9. The number of aromatic nitrogens is 1. The van der Waals surface area contributed by atoms with Gasteiger partial charge in [0, 0.05) is 24.7 Å². The molecule has 3 N–H and O–H groups in total. The Morgan fingerprint density at radius 1 is 1.24 bits per heavy atom. The number of hydrogen-bond acceptors (Lipinski definition) is 4. The summed E-state index contributed by atoms with van der Waals surface area (Å²) in [4.78, 5) is 19.7. The number of rotatable bonds is 6. The van der Waals surface area contributed by atoms with Gasteiger partial charge in [0.2, 0.25) is 0 Å². The van der Waals surface area contributed by atoms with E-state index in [2.05, 4.69) is 21.8 Å². The summed E-state index contributed by atoms with van der Waals surface area (Å²) in [6.07, 6.45) is 7.67. The molecule has 29 heavy (non-hydrogen) atoms. The molecule has 1 aromatic carbocycles. The molecule has 1 atom stereocenters. The number of allylic oxidation sites excluding steroid dienone is 3. The van der Waals surface area contributed by atoms with Crippen molar-refractivity contribution in [3.63, 3.8) is 0 Å². The van der Waals surface area contributed by atoms with Crippen molar-refractivity contribution in [2.75, 3.05) is 13.1 Å². The molecule has 1 saturated heterocycles. The van der Waals surface area contributed by atoms with E-state index in [1.54, 1.807) is 12.1 Å². The number of hydrogen-bond donors (Lipinski definition) is 2. The zero-order valence-electron chi connectivity index (χ0n) is 16.8. The van der Waals surface area contributed by atoms with Gasteiger partial charge in [0.15, 0.2) is 0 Å². The van der Waals surface area contributed by atoms with Crippen LogP contribution in [0.25, 0.3) is 11.3 Å². The van der Waals surface area contributed by atoms with Crippen molar-refractivity contribution in [3.8, 4) is 11.3 Å². The van der Waals surface area contributed by atoms with Crippen LogP contribution < -0.4 is 11.1 Å². The first kappa shape index (κ1) is 20.6. The van der Waals surface area contributed by atoms with Gasteiger partial charge in [-0.1, -0.05) is 49.1 Å². The lowest BCUT2D eigenvalue weighted by molar-refractivity contribution is 0.0961. The first-order valence-electron chi connectivity index (χ1n) is 9.96. The van der Waals surface area contributed by atoms with E-state index in [0.717, 1.165) is 42.9 Å². The lowest BCUT2D eigenvalue weighted by Crippen LogP contribution is -2.43. The molecule has 2 aromatic rings. The number of nitrogens with zero attached hydrogens (tertiary/aromatic N) is 2. The first-order chi connectivity index (χ1) is 14.1. The maximum atomic E-state index is 12.9. The highest BCUT2D eigenvalue weighted by atomic mass is 16.1. The predicted octanol–water partition coefficient (Wildman–Crippen LogP) is 3.88. The second kappa shape index (κ2) is 9.85. The van der Waals surface area contributed by atoms with E-state index in [4.69, 9.17) is 5.73 Å². The van der Waals surface area contributed by atoms with Crippen LogP contribution >= 0.6 is 0 Å². The van der Waals surface area contributed by atoms with Crippen LogP contribution in [0.1, 0.15) is 30.3 Å². The Morgan fingerprint density at radius 3 is 2.72 bits per heavy atom. The number of nitrogens with one attached hydrogen (secondary N) is 1. The zero-order valence-corrected chi connectivity index (χ0v) is 16.8. The minimum Gasteiger partial charge on any atom is -0.368 e. The number of pyridine rings is 1. The van der Waals surface area contributed by atoms with Gasteiger partial charge >= 0.3 is 0 Å². The maximum Gasteiger partial charge on any atom is 0.274 e. The molecule has 1 aliphatic heterocycles. The van der Waals surface area contributed by atoms with Crippen molar-refractivity contribution in [2.45, 2.75) is 25.8 Å². The van der Waals surface area contributed by atoms with Gasteiger partial charge < -0.3 is 16.0 Å². The molecule has 0 spiro atoms. The highest BCUT2D eigenvalue weighted by Crippen LogP contribution is 2.20. The third-order valence-corrected chi connectivity index (χ3v) is 4.90. The molecule has 1 aromatic heterocycles. The van der Waals surface area contributed by atoms with Crippen LogP contribution in [0.5, 0.6) is 0 Å². The molecule has 1 fully saturated rings. The van der Waals surface area contributed by atoms with E-state index >= 15 is 0 Å². The molecule has 5 heteroatoms. The summed E-state index contributed by atoms with van der Waals surface area (Å²) in [5.41, 5.74) is 9.83. The van der Waals surface area contributed by atoms with E-state index in [9.17, 15) is 4.79 Å². The summed E-state index contributed by atoms with van der Waals surface area (Å²) >= 11 is 0. The SMILES string of the molecule is C=C/C(NC(=O)c1cccc(-c2ccccc2)n1)=C(\C=C/C)N1CCC[C@H](N)C1. The Labute approximate surface area is 172 Å². The van der Waals surface area contributed by atoms with Crippen LogP contribution in [-0.2, 0) is 0 Å². The quantitative estimate of drug-likeness (QED) is 0.737. The Bertz CT molecular complexity index is 917. The molecule has 0 saturated carbocycles. The van der Waals surface area contributed by atoms with E-state index in [1.807, 2.05) is 61.5 Å². The zero-order chi connectivity index (χ0) is 20.6. The van der Waals surface area contributed by atoms with Gasteiger partial charge in [0.05, 0.1) is 17.1 Å². The normalized spacial score (nSPS) is 17.7. The third kappa shape index (κ3) is 5.21. The molecular formula is C24H28N4O. The smallest absolute Gasteiger partial charge is 0.274 e. The van der Waals surface area contributed by atoms with Crippen LogP contribution in [-0.4, -0.2) is 34.9 Å². The van der Waals surface area contributed by atoms with Crippen molar-refractivity contribution >= 4 is 5.91 Å². The fraction of sp³-hybridized carbons (Fsp3) is 0.250. The van der Waals surface area contributed by atoms with Gasteiger partial charge in [-0.25, -0.2) is 4.98 Å². The Kier molecular flexibility index (Phi) is 6.98. The summed E-state index contributed by atoms with van der Waals surface area (Å²) < 4.78 is 0. The minimum atomic E-state index is -0.263. The van der Waals surface area contributed by atoms with Crippen LogP contribution in [0.4, 0.5) is 0 Å². The molecule has 0 radical (unpaired) electrons. The van der Waals surface area contributed by atoms with Gasteiger partial charge in [0.25, 0.3) is 5.91 Å². The van der Waals surface area contributed by atoms with Crippen LogP contribution in [0, 0.1) is 0 Å². The highest BCUT2D eigenvalue weighted by Gasteiger charge is 2.20. The lowest BCUT2D eigenvalue weighted by Gasteiger charge is -2.34. The van der Waals surface area contributed by atoms with Crippen LogP contribution in [0.2, 0.25) is 0 Å². The van der Waals surface area contributed by atoms with Gasteiger partial charge in [-0.3, -0.25) is 4.79 Å². The molecule has 2 heterocycles. The molecule has 1 aliphatic rings. The molecule has 5 nitrogen and oxygen atoms in total. The number of amides is 1. The average Bonchev–Trinajstić information content (AvgIpc) is 2.76. The number of carbonyl (C=O) groups is 1. The number of piperidine rings is 1. The Balaban J connectivity index is 1.86. The van der Waals surface area contributed by atoms with Crippen molar-refractivity contribution in [2.24, 2.45) is 5.73 Å². The number of carbonyl (C=O) groups excluding carboxylic acids is 1. The summed E-state index contributed by atoms with van der Waals surface area (Å²) in [5, 5.41) is 2.99. The minimum absolute atomic E-state index is 0.134. The Hall–Kier alpha value is -3.18. The van der Waals surface area contributed by atoms with Crippen molar-refractivity contribution in [1.82, 2.24) is 15.2 Å². The lowest BCUT2D eigenvalue weighted by atomic mass is 10.1. The molecule has 0 aliphatic carbocycles. The van der Waals surface area contributed by atoms with E-state index in [1.165, 1.54) is 0 Å². The van der Waals surface area contributed by atoms with Gasteiger partial charge in [0.1, 0.15) is 5.69 Å². The fourth-order valence-electron chi connectivity index (χ4n) is 3.49. The molecule has 3 rings (SSSR count). The number of nitrogens with two attached hydrogens (primary N) is 1. The van der Waals surface area contributed by atoms with Gasteiger partial charge in [-0.2, -0.15) is 0 Å². The fourth-order valence-corrected chi connectivity index (χ4v) is 3.49. The topological polar surface area (TPSA) is 71.2 Å². The van der Waals surface area contributed by atoms with Crippen LogP contribution in [0.3, 0.4) is 0 Å². The first-order valence-corrected chi connectivity index (χ1v) is 9.96. The molecule has 150 valence electrons. The molecular weight excluding hydrogens is 360 g/mol. The number of likely N-dealkylation sites (tertiary alicyclic amines) is 1. The van der Waals surface area contributed by atoms with E-state index in [0.29, 0.717) is 11.4 Å². The monoisotopic (exact) mass is 388 g/mol. The van der Waals surface area contributed by atoms with Crippen molar-refractivity contribution in [1.29, 1.82) is 0 Å². The molecule has 1 amide bonds. The van der Waals surface area contributed by atoms with Gasteiger partial charge in [-0.15, -0.1) is 0 Å². The predicted molar refractivity (Wildman–Crippen MR) is 118 cm³/mol. The second-order valence-corrected chi connectivity index (χ2v) is 7.08. The highest BCUT2D eigenvalue weighted by molar-refractivity contribution is 5.94. The molecule has 0 unspecified atom stereocenters. The standard InChI is InChI=1S/C24H28N4O/c1-3-10-23(28-16-9-13-19(25)17-28)20(4-2)27-24(29)22-15-8-14-21(26-22)18-11-6-5-7-12-18/h3-8,10-12,14-15,19H,2,9,13,16-17,25H2,1H3,(H,27,29)/b10-3-,23-20-/t19-/m0/s1. The Morgan fingerprint density at radius 2 is 2.03 bits per heavy atom. The van der Waals surface area contributed by atoms with Crippen molar-refractivity contribution in [3.05, 3.63) is 90.4 Å². The second-order valence-electron chi connectivity index (χ2n) is 7.08. The average molecular weight is 389 g/mol. The van der Waals surface area contributed by atoms with Crippen molar-refractivity contribution < 1.29 is 4.79 Å². The summed E-state index contributed by atoms with van der Waals surface area (Å²) in [6.45, 7) is 7.52. The van der Waals surface area contributed by atoms with E-state index < -0.39 is 0 Å². The van der Waals surface area contributed by atoms with Crippen LogP contribution in [0.15, 0.2) is 84.7 Å². The largest absolute Gasteiger partial charge is 0.368 e. The summed E-state index contributed by atoms with van der Waals surface area (Å²) in [6, 6.07) is 15.4. The molecule has 0 bridgehead atoms. The summed E-state index contributed by atoms with van der Waals surface area (Å²) in [5.74, 6) is -0.263. The van der Waals surface area contributed by atoms with E-state index in [-0.39, 0.29) is 11.9 Å². The summed E-state index contributed by atoms with van der Waals surface area (Å²) in [7, 11) is 0. The number of benzene rings is 1. The third-order valence-electron chi connectivity index (χ3n) is 4.90. The van der Waals surface area contributed by atoms with Gasteiger partial charge in [-0.05, 0) is 44.1 Å².